The standard InChI is InChI=1S/C15H18BrN3O/c16-12-6-3-5-11(8-12)15-18-14(20-19-15)9-10-4-1-2-7-13(10)17/h3,5-6,8,10,13H,1-2,4,7,9,17H2. The lowest BCUT2D eigenvalue weighted by Crippen LogP contribution is -2.34. The zero-order chi connectivity index (χ0) is 13.9. The second-order valence-corrected chi connectivity index (χ2v) is 6.35. The van der Waals surface area contributed by atoms with E-state index in [9.17, 15) is 0 Å². The van der Waals surface area contributed by atoms with Crippen molar-refractivity contribution in [2.24, 2.45) is 11.7 Å². The topological polar surface area (TPSA) is 64.9 Å². The van der Waals surface area contributed by atoms with E-state index in [1.165, 1.54) is 12.8 Å². The summed E-state index contributed by atoms with van der Waals surface area (Å²) in [7, 11) is 0. The molecule has 2 N–H and O–H groups in total. The third kappa shape index (κ3) is 3.10. The van der Waals surface area contributed by atoms with Crippen LogP contribution in [0.1, 0.15) is 31.6 Å². The zero-order valence-electron chi connectivity index (χ0n) is 11.3. The highest BCUT2D eigenvalue weighted by molar-refractivity contribution is 9.10. The highest BCUT2D eigenvalue weighted by Crippen LogP contribution is 2.27. The summed E-state index contributed by atoms with van der Waals surface area (Å²) in [5.41, 5.74) is 7.13. The van der Waals surface area contributed by atoms with Crippen LogP contribution in [0, 0.1) is 5.92 Å². The molecule has 106 valence electrons. The average Bonchev–Trinajstić information content (AvgIpc) is 2.90. The fourth-order valence-electron chi connectivity index (χ4n) is 2.80. The van der Waals surface area contributed by atoms with Gasteiger partial charge in [-0.05, 0) is 30.9 Å². The molecule has 2 aromatic rings. The van der Waals surface area contributed by atoms with Crippen LogP contribution in [0.3, 0.4) is 0 Å². The minimum Gasteiger partial charge on any atom is -0.339 e. The Hall–Kier alpha value is -1.20. The number of halogens is 1. The second kappa shape index (κ2) is 6.06. The van der Waals surface area contributed by atoms with Crippen molar-refractivity contribution in [2.45, 2.75) is 38.1 Å². The molecule has 20 heavy (non-hydrogen) atoms. The Bertz CT molecular complexity index is 584. The average molecular weight is 336 g/mol. The monoisotopic (exact) mass is 335 g/mol. The van der Waals surface area contributed by atoms with Gasteiger partial charge in [0.25, 0.3) is 0 Å². The summed E-state index contributed by atoms with van der Waals surface area (Å²) in [6, 6.07) is 8.18. The summed E-state index contributed by atoms with van der Waals surface area (Å²) in [5, 5.41) is 4.07. The molecule has 0 spiro atoms. The molecule has 1 fully saturated rings. The molecule has 3 rings (SSSR count). The van der Waals surface area contributed by atoms with Crippen LogP contribution in [-0.4, -0.2) is 16.2 Å². The molecule has 1 saturated carbocycles. The molecular formula is C15H18BrN3O. The van der Waals surface area contributed by atoms with E-state index in [2.05, 4.69) is 26.1 Å². The molecular weight excluding hydrogens is 318 g/mol. The molecule has 5 heteroatoms. The van der Waals surface area contributed by atoms with Gasteiger partial charge in [-0.15, -0.1) is 0 Å². The van der Waals surface area contributed by atoms with Crippen LogP contribution in [-0.2, 0) is 6.42 Å². The van der Waals surface area contributed by atoms with E-state index in [4.69, 9.17) is 10.3 Å². The van der Waals surface area contributed by atoms with Gasteiger partial charge in [-0.25, -0.2) is 0 Å². The molecule has 0 bridgehead atoms. The molecule has 0 amide bonds. The minimum absolute atomic E-state index is 0.268. The van der Waals surface area contributed by atoms with E-state index >= 15 is 0 Å². The zero-order valence-corrected chi connectivity index (χ0v) is 12.8. The van der Waals surface area contributed by atoms with Crippen molar-refractivity contribution >= 4 is 15.9 Å². The smallest absolute Gasteiger partial charge is 0.227 e. The molecule has 2 unspecified atom stereocenters. The Morgan fingerprint density at radius 2 is 2.15 bits per heavy atom. The van der Waals surface area contributed by atoms with Gasteiger partial charge in [-0.1, -0.05) is 46.1 Å². The van der Waals surface area contributed by atoms with Crippen LogP contribution in [0.5, 0.6) is 0 Å². The largest absolute Gasteiger partial charge is 0.339 e. The summed E-state index contributed by atoms with van der Waals surface area (Å²) < 4.78 is 6.39. The molecule has 1 aliphatic rings. The Labute approximate surface area is 126 Å². The minimum atomic E-state index is 0.268. The summed E-state index contributed by atoms with van der Waals surface area (Å²) in [6.07, 6.45) is 5.56. The summed E-state index contributed by atoms with van der Waals surface area (Å²) in [5.74, 6) is 1.81. The second-order valence-electron chi connectivity index (χ2n) is 5.43. The quantitative estimate of drug-likeness (QED) is 0.931. The predicted octanol–water partition coefficient (Wildman–Crippen LogP) is 3.56. The Morgan fingerprint density at radius 1 is 1.30 bits per heavy atom. The van der Waals surface area contributed by atoms with E-state index < -0.39 is 0 Å². The maximum atomic E-state index is 6.17. The summed E-state index contributed by atoms with van der Waals surface area (Å²) in [6.45, 7) is 0. The number of hydrogen-bond donors (Lipinski definition) is 1. The van der Waals surface area contributed by atoms with E-state index in [1.54, 1.807) is 0 Å². The molecule has 1 aromatic carbocycles. The summed E-state index contributed by atoms with van der Waals surface area (Å²) in [4.78, 5) is 4.50. The number of aromatic nitrogens is 2. The fourth-order valence-corrected chi connectivity index (χ4v) is 3.20. The predicted molar refractivity (Wildman–Crippen MR) is 81.1 cm³/mol. The lowest BCUT2D eigenvalue weighted by molar-refractivity contribution is 0.273. The van der Waals surface area contributed by atoms with Gasteiger partial charge in [0.05, 0.1) is 0 Å². The van der Waals surface area contributed by atoms with Gasteiger partial charge in [0.2, 0.25) is 11.7 Å². The van der Waals surface area contributed by atoms with Crippen molar-refractivity contribution in [1.82, 2.24) is 10.1 Å². The van der Waals surface area contributed by atoms with Crippen molar-refractivity contribution in [3.63, 3.8) is 0 Å². The first-order chi connectivity index (χ1) is 9.72. The van der Waals surface area contributed by atoms with E-state index in [0.29, 0.717) is 17.6 Å². The molecule has 2 atom stereocenters. The van der Waals surface area contributed by atoms with Gasteiger partial charge < -0.3 is 10.3 Å². The van der Waals surface area contributed by atoms with Crippen LogP contribution in [0.2, 0.25) is 0 Å². The highest BCUT2D eigenvalue weighted by Gasteiger charge is 2.24. The molecule has 1 aromatic heterocycles. The number of nitrogens with two attached hydrogens (primary N) is 1. The van der Waals surface area contributed by atoms with Crippen molar-refractivity contribution < 1.29 is 4.52 Å². The normalized spacial score (nSPS) is 22.9. The molecule has 0 saturated heterocycles. The number of nitrogens with zero attached hydrogens (tertiary/aromatic N) is 2. The maximum Gasteiger partial charge on any atom is 0.227 e. The van der Waals surface area contributed by atoms with Crippen LogP contribution in [0.15, 0.2) is 33.3 Å². The molecule has 4 nitrogen and oxygen atoms in total. The Morgan fingerprint density at radius 3 is 2.95 bits per heavy atom. The molecule has 1 aliphatic carbocycles. The molecule has 0 aliphatic heterocycles. The lowest BCUT2D eigenvalue weighted by atomic mass is 9.83. The Kier molecular flexibility index (Phi) is 4.17. The van der Waals surface area contributed by atoms with Crippen LogP contribution in [0.4, 0.5) is 0 Å². The van der Waals surface area contributed by atoms with Gasteiger partial charge in [0.15, 0.2) is 0 Å². The molecule has 1 heterocycles. The first kappa shape index (κ1) is 13.8. The van der Waals surface area contributed by atoms with Crippen molar-refractivity contribution in [3.8, 4) is 11.4 Å². The van der Waals surface area contributed by atoms with Crippen LogP contribution < -0.4 is 5.73 Å². The van der Waals surface area contributed by atoms with Crippen molar-refractivity contribution in [1.29, 1.82) is 0 Å². The number of rotatable bonds is 3. The van der Waals surface area contributed by atoms with Gasteiger partial charge in [-0.3, -0.25) is 0 Å². The van der Waals surface area contributed by atoms with Crippen LogP contribution in [0.25, 0.3) is 11.4 Å². The van der Waals surface area contributed by atoms with E-state index in [-0.39, 0.29) is 6.04 Å². The van der Waals surface area contributed by atoms with Crippen LogP contribution >= 0.6 is 15.9 Å². The highest BCUT2D eigenvalue weighted by atomic mass is 79.9. The SMILES string of the molecule is NC1CCCCC1Cc1nc(-c2cccc(Br)c2)no1. The fraction of sp³-hybridized carbons (Fsp3) is 0.467. The number of hydrogen-bond acceptors (Lipinski definition) is 4. The van der Waals surface area contributed by atoms with Crippen molar-refractivity contribution in [2.75, 3.05) is 0 Å². The third-order valence-electron chi connectivity index (χ3n) is 3.96. The van der Waals surface area contributed by atoms with Crippen molar-refractivity contribution in [3.05, 3.63) is 34.6 Å². The van der Waals surface area contributed by atoms with Gasteiger partial charge in [-0.2, -0.15) is 4.98 Å². The maximum absolute atomic E-state index is 6.17. The lowest BCUT2D eigenvalue weighted by Gasteiger charge is -2.27. The van der Waals surface area contributed by atoms with Gasteiger partial charge in [0.1, 0.15) is 0 Å². The number of benzene rings is 1. The Balaban J connectivity index is 1.73. The van der Waals surface area contributed by atoms with Gasteiger partial charge >= 0.3 is 0 Å². The molecule has 0 radical (unpaired) electrons. The van der Waals surface area contributed by atoms with Gasteiger partial charge in [0, 0.05) is 22.5 Å². The first-order valence-electron chi connectivity index (χ1n) is 7.06. The first-order valence-corrected chi connectivity index (χ1v) is 7.86. The summed E-state index contributed by atoms with van der Waals surface area (Å²) >= 11 is 3.45. The van der Waals surface area contributed by atoms with E-state index in [1.807, 2.05) is 24.3 Å². The van der Waals surface area contributed by atoms with E-state index in [0.717, 1.165) is 29.3 Å². The third-order valence-corrected chi connectivity index (χ3v) is 4.45.